The van der Waals surface area contributed by atoms with Crippen LogP contribution in [-0.4, -0.2) is 73.3 Å². The number of nitrogens with zero attached hydrogens (tertiary/aromatic N) is 5. The Balaban J connectivity index is 1.25. The second-order valence-electron chi connectivity index (χ2n) is 7.65. The van der Waals surface area contributed by atoms with Crippen molar-refractivity contribution < 1.29 is 9.53 Å². The maximum absolute atomic E-state index is 13.0. The van der Waals surface area contributed by atoms with Crippen LogP contribution in [0, 0.1) is 0 Å². The summed E-state index contributed by atoms with van der Waals surface area (Å²) in [7, 11) is 0. The maximum Gasteiger partial charge on any atom is 0.273 e. The lowest BCUT2D eigenvalue weighted by molar-refractivity contribution is 0.0742. The highest BCUT2D eigenvalue weighted by Gasteiger charge is 2.24. The van der Waals surface area contributed by atoms with E-state index in [9.17, 15) is 4.79 Å². The van der Waals surface area contributed by atoms with Gasteiger partial charge < -0.3 is 19.4 Å². The molecule has 5 rings (SSSR count). The summed E-state index contributed by atoms with van der Waals surface area (Å²) in [5.41, 5.74) is 2.73. The van der Waals surface area contributed by atoms with Crippen LogP contribution in [0.5, 0.6) is 0 Å². The number of rotatable bonds is 4. The number of morpholine rings is 1. The summed E-state index contributed by atoms with van der Waals surface area (Å²) in [6.45, 7) is 6.20. The molecule has 0 spiro atoms. The molecular formula is C23H25N5O2S. The van der Waals surface area contributed by atoms with Crippen molar-refractivity contribution in [3.05, 3.63) is 59.7 Å². The van der Waals surface area contributed by atoms with Crippen molar-refractivity contribution in [1.82, 2.24) is 14.9 Å². The quantitative estimate of drug-likeness (QED) is 0.628. The summed E-state index contributed by atoms with van der Waals surface area (Å²) < 4.78 is 5.43. The van der Waals surface area contributed by atoms with E-state index in [2.05, 4.69) is 38.0 Å². The molecule has 0 unspecified atom stereocenters. The molecule has 2 saturated heterocycles. The number of para-hydroxylation sites is 1. The maximum atomic E-state index is 13.0. The van der Waals surface area contributed by atoms with E-state index in [4.69, 9.17) is 4.74 Å². The van der Waals surface area contributed by atoms with Crippen LogP contribution in [0.2, 0.25) is 0 Å². The Hall–Kier alpha value is -2.97. The fourth-order valence-corrected chi connectivity index (χ4v) is 4.78. The van der Waals surface area contributed by atoms with Gasteiger partial charge in [-0.25, -0.2) is 9.97 Å². The molecule has 1 amide bonds. The third-order valence-corrected chi connectivity index (χ3v) is 6.63. The van der Waals surface area contributed by atoms with E-state index in [-0.39, 0.29) is 5.91 Å². The number of pyridine rings is 1. The Morgan fingerprint density at radius 3 is 2.48 bits per heavy atom. The molecule has 31 heavy (non-hydrogen) atoms. The molecule has 4 heterocycles. The molecule has 2 fully saturated rings. The van der Waals surface area contributed by atoms with Gasteiger partial charge in [0.05, 0.1) is 13.2 Å². The van der Waals surface area contributed by atoms with E-state index in [0.717, 1.165) is 55.8 Å². The highest BCUT2D eigenvalue weighted by molar-refractivity contribution is 7.13. The minimum absolute atomic E-state index is 0.0117. The zero-order chi connectivity index (χ0) is 21.0. The Morgan fingerprint density at radius 2 is 1.71 bits per heavy atom. The van der Waals surface area contributed by atoms with Crippen molar-refractivity contribution in [3.8, 4) is 10.6 Å². The molecule has 0 saturated carbocycles. The van der Waals surface area contributed by atoms with E-state index in [1.54, 1.807) is 0 Å². The first-order valence-electron chi connectivity index (χ1n) is 10.6. The van der Waals surface area contributed by atoms with Gasteiger partial charge in [0.15, 0.2) is 0 Å². The zero-order valence-corrected chi connectivity index (χ0v) is 18.1. The van der Waals surface area contributed by atoms with Crippen molar-refractivity contribution in [3.63, 3.8) is 0 Å². The van der Waals surface area contributed by atoms with Gasteiger partial charge in [0.2, 0.25) is 0 Å². The van der Waals surface area contributed by atoms with Gasteiger partial charge in [-0.2, -0.15) is 0 Å². The average molecular weight is 436 g/mol. The van der Waals surface area contributed by atoms with Crippen LogP contribution in [0.15, 0.2) is 54.0 Å². The van der Waals surface area contributed by atoms with Gasteiger partial charge in [0, 0.05) is 62.1 Å². The Morgan fingerprint density at radius 1 is 0.935 bits per heavy atom. The topological polar surface area (TPSA) is 61.8 Å². The number of carbonyl (C=O) groups excluding carboxylic acids is 1. The molecule has 2 aliphatic rings. The summed E-state index contributed by atoms with van der Waals surface area (Å²) in [5.74, 6) is 0.943. The van der Waals surface area contributed by atoms with Crippen molar-refractivity contribution in [1.29, 1.82) is 0 Å². The van der Waals surface area contributed by atoms with Crippen LogP contribution in [0.1, 0.15) is 10.5 Å². The number of thiazole rings is 1. The van der Waals surface area contributed by atoms with Crippen LogP contribution in [0.3, 0.4) is 0 Å². The number of benzene rings is 1. The Labute approximate surface area is 185 Å². The minimum atomic E-state index is 0.0117. The summed E-state index contributed by atoms with van der Waals surface area (Å²) in [4.78, 5) is 28.6. The van der Waals surface area contributed by atoms with Gasteiger partial charge in [0.1, 0.15) is 16.5 Å². The molecule has 8 heteroatoms. The number of amides is 1. The van der Waals surface area contributed by atoms with Crippen LogP contribution in [0.25, 0.3) is 10.6 Å². The summed E-state index contributed by atoms with van der Waals surface area (Å²) >= 11 is 1.51. The first-order valence-corrected chi connectivity index (χ1v) is 11.5. The molecule has 0 radical (unpaired) electrons. The molecule has 3 aromatic rings. The smallest absolute Gasteiger partial charge is 0.273 e. The molecule has 0 atom stereocenters. The monoisotopic (exact) mass is 435 g/mol. The Kier molecular flexibility index (Phi) is 5.82. The van der Waals surface area contributed by atoms with Crippen LogP contribution in [0.4, 0.5) is 11.5 Å². The molecule has 2 aliphatic heterocycles. The number of hydrogen-bond acceptors (Lipinski definition) is 7. The van der Waals surface area contributed by atoms with E-state index in [1.165, 1.54) is 17.0 Å². The first kappa shape index (κ1) is 20.0. The number of hydrogen-bond donors (Lipinski definition) is 0. The van der Waals surface area contributed by atoms with Crippen molar-refractivity contribution in [2.24, 2.45) is 0 Å². The molecule has 1 aromatic carbocycles. The molecule has 0 N–H and O–H groups in total. The lowest BCUT2D eigenvalue weighted by Gasteiger charge is -2.35. The standard InChI is InChI=1S/C23H25N5O2S/c29-23(28-10-8-26(9-11-28)19-4-2-1-3-5-19)20-17-31-22(25-20)18-6-7-24-21(16-18)27-12-14-30-15-13-27/h1-7,16-17H,8-15H2. The fourth-order valence-electron chi connectivity index (χ4n) is 3.99. The summed E-state index contributed by atoms with van der Waals surface area (Å²) in [6.07, 6.45) is 1.81. The largest absolute Gasteiger partial charge is 0.378 e. The highest BCUT2D eigenvalue weighted by Crippen LogP contribution is 2.27. The molecule has 2 aromatic heterocycles. The van der Waals surface area contributed by atoms with Gasteiger partial charge in [0.25, 0.3) is 5.91 Å². The second-order valence-corrected chi connectivity index (χ2v) is 8.51. The number of aromatic nitrogens is 2. The van der Waals surface area contributed by atoms with E-state index in [1.807, 2.05) is 40.7 Å². The van der Waals surface area contributed by atoms with Gasteiger partial charge >= 0.3 is 0 Å². The van der Waals surface area contributed by atoms with Gasteiger partial charge in [-0.05, 0) is 24.3 Å². The first-order chi connectivity index (χ1) is 15.3. The third-order valence-electron chi connectivity index (χ3n) is 5.74. The van der Waals surface area contributed by atoms with Gasteiger partial charge in [-0.3, -0.25) is 4.79 Å². The summed E-state index contributed by atoms with van der Waals surface area (Å²) in [5, 5.41) is 2.72. The second kappa shape index (κ2) is 9.03. The summed E-state index contributed by atoms with van der Waals surface area (Å²) in [6, 6.07) is 14.4. The SMILES string of the molecule is O=C(c1csc(-c2ccnc(N3CCOCC3)c2)n1)N1CCN(c2ccccc2)CC1. The zero-order valence-electron chi connectivity index (χ0n) is 17.3. The lowest BCUT2D eigenvalue weighted by atomic mass is 10.2. The van der Waals surface area contributed by atoms with Crippen molar-refractivity contribution in [2.45, 2.75) is 0 Å². The van der Waals surface area contributed by atoms with Crippen LogP contribution in [-0.2, 0) is 4.74 Å². The number of ether oxygens (including phenoxy) is 1. The lowest BCUT2D eigenvalue weighted by Crippen LogP contribution is -2.48. The predicted molar refractivity (Wildman–Crippen MR) is 123 cm³/mol. The molecule has 160 valence electrons. The molecular weight excluding hydrogens is 410 g/mol. The minimum Gasteiger partial charge on any atom is -0.378 e. The molecule has 7 nitrogen and oxygen atoms in total. The van der Waals surface area contributed by atoms with Gasteiger partial charge in [-0.1, -0.05) is 18.2 Å². The fraction of sp³-hybridized carbons (Fsp3) is 0.348. The van der Waals surface area contributed by atoms with Crippen molar-refractivity contribution >= 4 is 28.7 Å². The number of carbonyl (C=O) groups is 1. The highest BCUT2D eigenvalue weighted by atomic mass is 32.1. The van der Waals surface area contributed by atoms with Crippen molar-refractivity contribution in [2.75, 3.05) is 62.3 Å². The van der Waals surface area contributed by atoms with E-state index < -0.39 is 0 Å². The Bertz CT molecular complexity index is 1030. The number of piperazine rings is 1. The van der Waals surface area contributed by atoms with E-state index >= 15 is 0 Å². The average Bonchev–Trinajstić information content (AvgIpc) is 3.35. The molecule has 0 aliphatic carbocycles. The van der Waals surface area contributed by atoms with Crippen LogP contribution < -0.4 is 9.80 Å². The van der Waals surface area contributed by atoms with E-state index in [0.29, 0.717) is 18.8 Å². The third kappa shape index (κ3) is 4.40. The van der Waals surface area contributed by atoms with Gasteiger partial charge in [-0.15, -0.1) is 11.3 Å². The predicted octanol–water partition coefficient (Wildman–Crippen LogP) is 3.00. The van der Waals surface area contributed by atoms with Crippen LogP contribution >= 0.6 is 11.3 Å². The normalized spacial score (nSPS) is 17.1. The molecule has 0 bridgehead atoms. The number of anilines is 2.